The minimum absolute atomic E-state index is 0.244. The summed E-state index contributed by atoms with van der Waals surface area (Å²) >= 11 is 1.50. The van der Waals surface area contributed by atoms with Gasteiger partial charge in [0.05, 0.1) is 23.9 Å². The monoisotopic (exact) mass is 387 g/mol. The lowest BCUT2D eigenvalue weighted by atomic mass is 9.99. The highest BCUT2D eigenvalue weighted by atomic mass is 32.1. The van der Waals surface area contributed by atoms with Gasteiger partial charge in [0.15, 0.2) is 5.13 Å². The van der Waals surface area contributed by atoms with E-state index in [-0.39, 0.29) is 17.0 Å². The van der Waals surface area contributed by atoms with Crippen molar-refractivity contribution in [1.29, 1.82) is 0 Å². The lowest BCUT2D eigenvalue weighted by Gasteiger charge is -2.29. The van der Waals surface area contributed by atoms with Gasteiger partial charge in [0, 0.05) is 11.4 Å². The summed E-state index contributed by atoms with van der Waals surface area (Å²) in [5.41, 5.74) is 1.47. The number of anilines is 1. The van der Waals surface area contributed by atoms with Crippen molar-refractivity contribution in [3.63, 3.8) is 0 Å². The summed E-state index contributed by atoms with van der Waals surface area (Å²) in [6.45, 7) is 7.34. The molecule has 0 aliphatic carbocycles. The van der Waals surface area contributed by atoms with Crippen LogP contribution in [-0.2, 0) is 11.3 Å². The molecule has 1 amide bonds. The minimum Gasteiger partial charge on any atom is -0.465 e. The number of ether oxygens (including phenoxy) is 1. The molecule has 1 aliphatic rings. The van der Waals surface area contributed by atoms with Gasteiger partial charge in [-0.25, -0.2) is 9.78 Å². The highest BCUT2D eigenvalue weighted by Crippen LogP contribution is 2.27. The zero-order valence-corrected chi connectivity index (χ0v) is 16.8. The maximum atomic E-state index is 12.6. The third-order valence-corrected chi connectivity index (χ3v) is 5.99. The fourth-order valence-corrected chi connectivity index (χ4v) is 4.19. The molecule has 0 atom stereocenters. The van der Waals surface area contributed by atoms with E-state index in [4.69, 9.17) is 4.74 Å². The van der Waals surface area contributed by atoms with Crippen LogP contribution < -0.4 is 5.32 Å². The van der Waals surface area contributed by atoms with Gasteiger partial charge in [-0.15, -0.1) is 11.3 Å². The average Bonchev–Trinajstić information content (AvgIpc) is 3.01. The third-order valence-electron chi connectivity index (χ3n) is 4.93. The maximum absolute atomic E-state index is 12.6. The Morgan fingerprint density at radius 1 is 1.26 bits per heavy atom. The molecule has 2 aromatic rings. The molecule has 7 heteroatoms. The van der Waals surface area contributed by atoms with Gasteiger partial charge in [0.25, 0.3) is 5.91 Å². The van der Waals surface area contributed by atoms with E-state index in [0.29, 0.717) is 5.13 Å². The molecule has 144 valence electrons. The number of nitrogens with one attached hydrogen (secondary N) is 1. The lowest BCUT2D eigenvalue weighted by Crippen LogP contribution is -2.32. The number of hydrogen-bond acceptors (Lipinski definition) is 6. The SMILES string of the molecule is COC(=O)c1ccccc1C(=O)Nc1nc(C)c(CN2CCC(C)CC2)s1. The van der Waals surface area contributed by atoms with Gasteiger partial charge in [-0.3, -0.25) is 15.0 Å². The van der Waals surface area contributed by atoms with E-state index < -0.39 is 5.97 Å². The van der Waals surface area contributed by atoms with Crippen molar-refractivity contribution in [3.8, 4) is 0 Å². The van der Waals surface area contributed by atoms with E-state index in [2.05, 4.69) is 22.1 Å². The van der Waals surface area contributed by atoms with Crippen molar-refractivity contribution in [3.05, 3.63) is 46.0 Å². The van der Waals surface area contributed by atoms with Crippen molar-refractivity contribution >= 4 is 28.3 Å². The number of nitrogens with zero attached hydrogens (tertiary/aromatic N) is 2. The van der Waals surface area contributed by atoms with Crippen LogP contribution in [0.3, 0.4) is 0 Å². The van der Waals surface area contributed by atoms with Crippen LogP contribution in [0.4, 0.5) is 5.13 Å². The standard InChI is InChI=1S/C20H25N3O3S/c1-13-8-10-23(11-9-13)12-17-14(2)21-20(27-17)22-18(24)15-6-4-5-7-16(15)19(25)26-3/h4-7,13H,8-12H2,1-3H3,(H,21,22,24). The highest BCUT2D eigenvalue weighted by Gasteiger charge is 2.21. The quantitative estimate of drug-likeness (QED) is 0.792. The number of aryl methyl sites for hydroxylation is 1. The van der Waals surface area contributed by atoms with Crippen LogP contribution >= 0.6 is 11.3 Å². The Bertz CT molecular complexity index is 826. The van der Waals surface area contributed by atoms with Crippen molar-refractivity contribution in [2.24, 2.45) is 5.92 Å². The second-order valence-electron chi connectivity index (χ2n) is 6.98. The molecular formula is C20H25N3O3S. The number of carbonyl (C=O) groups excluding carboxylic acids is 2. The molecule has 3 rings (SSSR count). The lowest BCUT2D eigenvalue weighted by molar-refractivity contribution is 0.0597. The fourth-order valence-electron chi connectivity index (χ4n) is 3.18. The molecule has 0 unspecified atom stereocenters. The van der Waals surface area contributed by atoms with E-state index in [1.807, 2.05) is 6.92 Å². The van der Waals surface area contributed by atoms with Crippen molar-refractivity contribution in [2.45, 2.75) is 33.2 Å². The van der Waals surface area contributed by atoms with Crippen molar-refractivity contribution < 1.29 is 14.3 Å². The van der Waals surface area contributed by atoms with Crippen LogP contribution in [-0.4, -0.2) is 42.0 Å². The number of carbonyl (C=O) groups is 2. The Morgan fingerprint density at radius 2 is 1.93 bits per heavy atom. The van der Waals surface area contributed by atoms with Gasteiger partial charge in [-0.1, -0.05) is 19.1 Å². The Balaban J connectivity index is 1.70. The van der Waals surface area contributed by atoms with Crippen molar-refractivity contribution in [1.82, 2.24) is 9.88 Å². The van der Waals surface area contributed by atoms with Crippen LogP contribution in [0.25, 0.3) is 0 Å². The molecule has 1 fully saturated rings. The fraction of sp³-hybridized carbons (Fsp3) is 0.450. The zero-order valence-electron chi connectivity index (χ0n) is 15.9. The Morgan fingerprint density at radius 3 is 2.59 bits per heavy atom. The molecule has 2 heterocycles. The highest BCUT2D eigenvalue weighted by molar-refractivity contribution is 7.15. The predicted octanol–water partition coefficient (Wildman–Crippen LogP) is 3.72. The summed E-state index contributed by atoms with van der Waals surface area (Å²) in [4.78, 5) is 32.6. The van der Waals surface area contributed by atoms with Crippen molar-refractivity contribution in [2.75, 3.05) is 25.5 Å². The Hall–Kier alpha value is -2.25. The average molecular weight is 388 g/mol. The van der Waals surface area contributed by atoms with Crippen LogP contribution in [0.15, 0.2) is 24.3 Å². The van der Waals surface area contributed by atoms with Crippen LogP contribution in [0.1, 0.15) is 51.1 Å². The number of esters is 1. The Labute approximate surface area is 163 Å². The van der Waals surface area contributed by atoms with Crippen LogP contribution in [0.5, 0.6) is 0 Å². The molecular weight excluding hydrogens is 362 g/mol. The number of thiazole rings is 1. The molecule has 1 N–H and O–H groups in total. The topological polar surface area (TPSA) is 71.5 Å². The van der Waals surface area contributed by atoms with E-state index in [9.17, 15) is 9.59 Å². The molecule has 1 saturated heterocycles. The van der Waals surface area contributed by atoms with E-state index in [1.165, 1.54) is 36.2 Å². The molecule has 1 aromatic carbocycles. The Kier molecular flexibility index (Phi) is 6.23. The molecule has 1 aromatic heterocycles. The molecule has 0 saturated carbocycles. The smallest absolute Gasteiger partial charge is 0.338 e. The normalized spacial score (nSPS) is 15.5. The molecule has 1 aliphatic heterocycles. The van der Waals surface area contributed by atoms with Gasteiger partial charge in [0.1, 0.15) is 0 Å². The van der Waals surface area contributed by atoms with Gasteiger partial charge < -0.3 is 4.74 Å². The summed E-state index contributed by atoms with van der Waals surface area (Å²) in [7, 11) is 1.30. The molecule has 0 spiro atoms. The number of rotatable bonds is 5. The first-order valence-corrected chi connectivity index (χ1v) is 9.97. The first kappa shape index (κ1) is 19.5. The number of likely N-dealkylation sites (tertiary alicyclic amines) is 1. The minimum atomic E-state index is -0.531. The number of methoxy groups -OCH3 is 1. The van der Waals surface area contributed by atoms with E-state index in [0.717, 1.165) is 31.2 Å². The molecule has 27 heavy (non-hydrogen) atoms. The summed E-state index contributed by atoms with van der Waals surface area (Å²) < 4.78 is 4.76. The third kappa shape index (κ3) is 4.73. The first-order chi connectivity index (χ1) is 13.0. The van der Waals surface area contributed by atoms with E-state index in [1.54, 1.807) is 24.3 Å². The number of piperidine rings is 1. The molecule has 0 radical (unpaired) electrons. The van der Waals surface area contributed by atoms with Gasteiger partial charge in [-0.2, -0.15) is 0 Å². The van der Waals surface area contributed by atoms with Gasteiger partial charge >= 0.3 is 5.97 Å². The van der Waals surface area contributed by atoms with E-state index >= 15 is 0 Å². The van der Waals surface area contributed by atoms with Crippen LogP contribution in [0, 0.1) is 12.8 Å². The first-order valence-electron chi connectivity index (χ1n) is 9.15. The molecule has 0 bridgehead atoms. The van der Waals surface area contributed by atoms with Gasteiger partial charge in [-0.05, 0) is 50.9 Å². The second-order valence-corrected chi connectivity index (χ2v) is 8.06. The number of aromatic nitrogens is 1. The van der Waals surface area contributed by atoms with Crippen LogP contribution in [0.2, 0.25) is 0 Å². The largest absolute Gasteiger partial charge is 0.465 e. The maximum Gasteiger partial charge on any atom is 0.338 e. The summed E-state index contributed by atoms with van der Waals surface area (Å²) in [5.74, 6) is -0.0901. The summed E-state index contributed by atoms with van der Waals surface area (Å²) in [5, 5.41) is 3.38. The van der Waals surface area contributed by atoms with Gasteiger partial charge in [0.2, 0.25) is 0 Å². The molecule has 6 nitrogen and oxygen atoms in total. The predicted molar refractivity (Wildman–Crippen MR) is 106 cm³/mol. The number of hydrogen-bond donors (Lipinski definition) is 1. The summed E-state index contributed by atoms with van der Waals surface area (Å²) in [6.07, 6.45) is 2.46. The number of benzene rings is 1. The second kappa shape index (κ2) is 8.63. The number of amides is 1. The summed E-state index contributed by atoms with van der Waals surface area (Å²) in [6, 6.07) is 6.61. The zero-order chi connectivity index (χ0) is 19.4.